The zero-order valence-corrected chi connectivity index (χ0v) is 11.9. The normalized spacial score (nSPS) is 14.6. The molecule has 6 nitrogen and oxygen atoms in total. The van der Waals surface area contributed by atoms with Crippen molar-refractivity contribution in [3.05, 3.63) is 48.8 Å². The van der Waals surface area contributed by atoms with Gasteiger partial charge in [-0.25, -0.2) is 17.7 Å². The van der Waals surface area contributed by atoms with E-state index in [1.165, 1.54) is 10.5 Å². The van der Waals surface area contributed by atoms with Crippen molar-refractivity contribution in [2.75, 3.05) is 10.8 Å². The summed E-state index contributed by atoms with van der Waals surface area (Å²) < 4.78 is 28.7. The van der Waals surface area contributed by atoms with Gasteiger partial charge in [-0.1, -0.05) is 12.1 Å². The molecule has 7 heteroatoms. The summed E-state index contributed by atoms with van der Waals surface area (Å²) in [6.45, 7) is 1.000. The van der Waals surface area contributed by atoms with E-state index in [1.807, 2.05) is 28.8 Å². The zero-order valence-electron chi connectivity index (χ0n) is 11.0. The van der Waals surface area contributed by atoms with Gasteiger partial charge in [0.25, 0.3) is 10.0 Å². The van der Waals surface area contributed by atoms with Crippen LogP contribution in [0.3, 0.4) is 0 Å². The molecule has 0 atom stereocenters. The molecule has 21 heavy (non-hydrogen) atoms. The van der Waals surface area contributed by atoms with Crippen LogP contribution in [0.1, 0.15) is 0 Å². The summed E-state index contributed by atoms with van der Waals surface area (Å²) in [7, 11) is -3.61. The van der Waals surface area contributed by atoms with Crippen molar-refractivity contribution in [3.63, 3.8) is 0 Å². The third kappa shape index (κ3) is 1.74. The predicted octanol–water partition coefficient (Wildman–Crippen LogP) is 1.64. The summed E-state index contributed by atoms with van der Waals surface area (Å²) >= 11 is 0. The van der Waals surface area contributed by atoms with Crippen LogP contribution < -0.4 is 4.31 Å². The SMILES string of the molecule is O=S(=O)(c1cccnc1)N1CCn2c1nc1ccccc12. The zero-order chi connectivity index (χ0) is 14.4. The molecule has 1 aliphatic rings. The summed E-state index contributed by atoms with van der Waals surface area (Å²) in [5.41, 5.74) is 1.76. The van der Waals surface area contributed by atoms with Gasteiger partial charge >= 0.3 is 0 Å². The molecule has 0 fully saturated rings. The number of hydrogen-bond acceptors (Lipinski definition) is 4. The third-order valence-electron chi connectivity index (χ3n) is 3.61. The standard InChI is InChI=1S/C14H12N4O2S/c19-21(20,11-4-3-7-15-10-11)18-9-8-17-13-6-2-1-5-12(13)16-14(17)18/h1-7,10H,8-9H2. The van der Waals surface area contributed by atoms with Crippen molar-refractivity contribution >= 4 is 27.0 Å². The van der Waals surface area contributed by atoms with E-state index in [1.54, 1.807) is 18.3 Å². The van der Waals surface area contributed by atoms with Crippen LogP contribution in [0, 0.1) is 0 Å². The van der Waals surface area contributed by atoms with E-state index in [9.17, 15) is 8.42 Å². The van der Waals surface area contributed by atoms with E-state index in [4.69, 9.17) is 0 Å². The molecule has 2 aromatic heterocycles. The molecule has 0 N–H and O–H groups in total. The number of fused-ring (bicyclic) bond motifs is 3. The number of pyridine rings is 1. The Bertz CT molecular complexity index is 919. The van der Waals surface area contributed by atoms with Gasteiger partial charge in [0.05, 0.1) is 17.6 Å². The van der Waals surface area contributed by atoms with E-state index in [0.717, 1.165) is 11.0 Å². The highest BCUT2D eigenvalue weighted by Gasteiger charge is 2.33. The molecule has 1 aromatic carbocycles. The number of imidazole rings is 1. The summed E-state index contributed by atoms with van der Waals surface area (Å²) in [4.78, 5) is 8.53. The van der Waals surface area contributed by atoms with Crippen LogP contribution in [0.25, 0.3) is 11.0 Å². The van der Waals surface area contributed by atoms with Crippen LogP contribution in [0.4, 0.5) is 5.95 Å². The summed E-state index contributed by atoms with van der Waals surface area (Å²) in [5, 5.41) is 0. The van der Waals surface area contributed by atoms with Crippen molar-refractivity contribution in [1.82, 2.24) is 14.5 Å². The highest BCUT2D eigenvalue weighted by molar-refractivity contribution is 7.92. The van der Waals surface area contributed by atoms with Gasteiger partial charge in [0, 0.05) is 18.9 Å². The van der Waals surface area contributed by atoms with Gasteiger partial charge in [0.1, 0.15) is 4.90 Å². The quantitative estimate of drug-likeness (QED) is 0.721. The van der Waals surface area contributed by atoms with E-state index in [0.29, 0.717) is 19.0 Å². The van der Waals surface area contributed by atoms with Crippen LogP contribution in [0.5, 0.6) is 0 Å². The molecule has 106 valence electrons. The van der Waals surface area contributed by atoms with Crippen LogP contribution in [-0.4, -0.2) is 29.5 Å². The maximum atomic E-state index is 12.7. The van der Waals surface area contributed by atoms with Gasteiger partial charge < -0.3 is 4.57 Å². The lowest BCUT2D eigenvalue weighted by Gasteiger charge is -2.15. The molecular weight excluding hydrogens is 288 g/mol. The van der Waals surface area contributed by atoms with Crippen LogP contribution in [0.2, 0.25) is 0 Å². The number of nitrogens with zero attached hydrogens (tertiary/aromatic N) is 4. The largest absolute Gasteiger partial charge is 0.307 e. The molecule has 0 aliphatic carbocycles. The van der Waals surface area contributed by atoms with E-state index in [-0.39, 0.29) is 4.90 Å². The Balaban J connectivity index is 1.87. The molecule has 0 amide bonds. The summed E-state index contributed by atoms with van der Waals surface area (Å²) in [5.74, 6) is 0.472. The molecule has 3 heterocycles. The second kappa shape index (κ2) is 4.29. The Morgan fingerprint density at radius 3 is 2.71 bits per heavy atom. The molecule has 0 unspecified atom stereocenters. The van der Waals surface area contributed by atoms with E-state index < -0.39 is 10.0 Å². The van der Waals surface area contributed by atoms with Crippen LogP contribution >= 0.6 is 0 Å². The molecule has 0 bridgehead atoms. The second-order valence-electron chi connectivity index (χ2n) is 4.82. The van der Waals surface area contributed by atoms with Gasteiger partial charge in [-0.2, -0.15) is 0 Å². The highest BCUT2D eigenvalue weighted by atomic mass is 32.2. The Hall–Kier alpha value is -2.41. The molecular formula is C14H12N4O2S. The minimum Gasteiger partial charge on any atom is -0.307 e. The monoisotopic (exact) mass is 300 g/mol. The Morgan fingerprint density at radius 2 is 1.90 bits per heavy atom. The topological polar surface area (TPSA) is 68.1 Å². The summed E-state index contributed by atoms with van der Waals surface area (Å²) in [6, 6.07) is 10.8. The molecule has 4 rings (SSSR count). The lowest BCUT2D eigenvalue weighted by Crippen LogP contribution is -2.29. The van der Waals surface area contributed by atoms with Gasteiger partial charge in [-0.15, -0.1) is 0 Å². The molecule has 1 aliphatic heterocycles. The van der Waals surface area contributed by atoms with Crippen molar-refractivity contribution < 1.29 is 8.42 Å². The van der Waals surface area contributed by atoms with Gasteiger partial charge in [-0.05, 0) is 24.3 Å². The number of rotatable bonds is 2. The summed E-state index contributed by atoms with van der Waals surface area (Å²) in [6.07, 6.45) is 2.92. The fraction of sp³-hybridized carbons (Fsp3) is 0.143. The van der Waals surface area contributed by atoms with Crippen molar-refractivity contribution in [3.8, 4) is 0 Å². The minimum absolute atomic E-state index is 0.186. The first-order valence-corrected chi connectivity index (χ1v) is 8.00. The Labute approximate surface area is 121 Å². The van der Waals surface area contributed by atoms with Gasteiger partial charge in [0.2, 0.25) is 5.95 Å². The van der Waals surface area contributed by atoms with Gasteiger partial charge in [0.15, 0.2) is 0 Å². The maximum Gasteiger partial charge on any atom is 0.268 e. The van der Waals surface area contributed by atoms with Crippen molar-refractivity contribution in [2.24, 2.45) is 0 Å². The number of hydrogen-bond donors (Lipinski definition) is 0. The van der Waals surface area contributed by atoms with Crippen molar-refractivity contribution in [2.45, 2.75) is 11.4 Å². The fourth-order valence-corrected chi connectivity index (χ4v) is 3.99. The predicted molar refractivity (Wildman–Crippen MR) is 78.5 cm³/mol. The molecule has 0 radical (unpaired) electrons. The molecule has 0 saturated carbocycles. The second-order valence-corrected chi connectivity index (χ2v) is 6.68. The number of benzene rings is 1. The smallest absolute Gasteiger partial charge is 0.268 e. The van der Waals surface area contributed by atoms with Crippen LogP contribution in [0.15, 0.2) is 53.7 Å². The molecule has 0 saturated heterocycles. The Kier molecular flexibility index (Phi) is 2.52. The first-order chi connectivity index (χ1) is 10.2. The Morgan fingerprint density at radius 1 is 1.05 bits per heavy atom. The lowest BCUT2D eigenvalue weighted by molar-refractivity contribution is 0.591. The van der Waals surface area contributed by atoms with Crippen molar-refractivity contribution in [1.29, 1.82) is 0 Å². The van der Waals surface area contributed by atoms with Gasteiger partial charge in [-0.3, -0.25) is 4.98 Å². The average Bonchev–Trinajstić information content (AvgIpc) is 3.07. The fourth-order valence-electron chi connectivity index (χ4n) is 2.62. The van der Waals surface area contributed by atoms with E-state index >= 15 is 0 Å². The lowest BCUT2D eigenvalue weighted by atomic mass is 10.3. The number of para-hydroxylation sites is 2. The minimum atomic E-state index is -3.61. The third-order valence-corrected chi connectivity index (χ3v) is 5.37. The first kappa shape index (κ1) is 12.3. The average molecular weight is 300 g/mol. The van der Waals surface area contributed by atoms with Crippen LogP contribution in [-0.2, 0) is 16.6 Å². The molecule has 0 spiro atoms. The maximum absolute atomic E-state index is 12.7. The molecule has 3 aromatic rings. The number of anilines is 1. The number of aromatic nitrogens is 3. The van der Waals surface area contributed by atoms with E-state index in [2.05, 4.69) is 9.97 Å². The highest BCUT2D eigenvalue weighted by Crippen LogP contribution is 2.31. The number of sulfonamides is 1. The first-order valence-electron chi connectivity index (χ1n) is 6.56.